The first-order valence-electron chi connectivity index (χ1n) is 7.85. The van der Waals surface area contributed by atoms with Crippen molar-refractivity contribution in [3.8, 4) is 0 Å². The Morgan fingerprint density at radius 2 is 1.96 bits per heavy atom. The monoisotopic (exact) mass is 355 g/mol. The number of benzene rings is 1. The minimum Gasteiger partial charge on any atom is -0.350 e. The highest BCUT2D eigenvalue weighted by Crippen LogP contribution is 2.29. The Morgan fingerprint density at radius 1 is 1.22 bits per heavy atom. The van der Waals surface area contributed by atoms with E-state index in [2.05, 4.69) is 16.0 Å². The standard InChI is InChI=1S/C16H19Cl2N3O2/c17-9-4-3-7-12(15(9)18)20-14(22)8-13-16(23)21-11-6-2-1-5-10(11)19-13/h3-4,7,10-11,13,19H,1-2,5-6,8H2,(H,20,22)(H,21,23)/t10-,11-,13-/m0/s1. The van der Waals surface area contributed by atoms with E-state index in [0.717, 1.165) is 25.7 Å². The van der Waals surface area contributed by atoms with E-state index in [-0.39, 0.29) is 30.3 Å². The first kappa shape index (κ1) is 16.6. The van der Waals surface area contributed by atoms with Gasteiger partial charge < -0.3 is 16.0 Å². The molecule has 2 amide bonds. The normalized spacial score (nSPS) is 27.0. The van der Waals surface area contributed by atoms with E-state index in [0.29, 0.717) is 15.7 Å². The maximum atomic E-state index is 12.2. The predicted octanol–water partition coefficient (Wildman–Crippen LogP) is 2.72. The van der Waals surface area contributed by atoms with Crippen LogP contribution in [0.15, 0.2) is 18.2 Å². The number of amides is 2. The number of hydrogen-bond donors (Lipinski definition) is 3. The molecule has 1 aromatic carbocycles. The van der Waals surface area contributed by atoms with Crippen LogP contribution in [-0.4, -0.2) is 29.9 Å². The van der Waals surface area contributed by atoms with Gasteiger partial charge in [-0.1, -0.05) is 42.1 Å². The first-order chi connectivity index (χ1) is 11.0. The van der Waals surface area contributed by atoms with Crippen molar-refractivity contribution in [2.24, 2.45) is 0 Å². The second-order valence-electron chi connectivity index (χ2n) is 6.08. The highest BCUT2D eigenvalue weighted by Gasteiger charge is 2.36. The Morgan fingerprint density at radius 3 is 2.74 bits per heavy atom. The zero-order chi connectivity index (χ0) is 16.4. The molecule has 23 heavy (non-hydrogen) atoms. The lowest BCUT2D eigenvalue weighted by Crippen LogP contribution is -2.65. The Hall–Kier alpha value is -1.30. The molecule has 7 heteroatoms. The second-order valence-corrected chi connectivity index (χ2v) is 6.86. The van der Waals surface area contributed by atoms with Crippen LogP contribution < -0.4 is 16.0 Å². The molecule has 5 nitrogen and oxygen atoms in total. The molecule has 1 aromatic rings. The van der Waals surface area contributed by atoms with Crippen LogP contribution in [0.5, 0.6) is 0 Å². The van der Waals surface area contributed by atoms with Gasteiger partial charge in [0, 0.05) is 12.1 Å². The molecule has 124 valence electrons. The van der Waals surface area contributed by atoms with Crippen LogP contribution in [-0.2, 0) is 9.59 Å². The van der Waals surface area contributed by atoms with E-state index in [1.54, 1.807) is 18.2 Å². The zero-order valence-corrected chi connectivity index (χ0v) is 14.1. The fraction of sp³-hybridized carbons (Fsp3) is 0.500. The summed E-state index contributed by atoms with van der Waals surface area (Å²) in [5.74, 6) is -0.378. The maximum absolute atomic E-state index is 12.2. The van der Waals surface area contributed by atoms with Gasteiger partial charge in [0.2, 0.25) is 11.8 Å². The molecule has 0 spiro atoms. The van der Waals surface area contributed by atoms with Crippen LogP contribution >= 0.6 is 23.2 Å². The average Bonchev–Trinajstić information content (AvgIpc) is 2.52. The number of anilines is 1. The van der Waals surface area contributed by atoms with Crippen LogP contribution in [0.25, 0.3) is 0 Å². The zero-order valence-electron chi connectivity index (χ0n) is 12.6. The van der Waals surface area contributed by atoms with Crippen LogP contribution in [0.4, 0.5) is 5.69 Å². The summed E-state index contributed by atoms with van der Waals surface area (Å²) in [7, 11) is 0. The molecule has 2 fully saturated rings. The van der Waals surface area contributed by atoms with Gasteiger partial charge >= 0.3 is 0 Å². The van der Waals surface area contributed by atoms with Gasteiger partial charge in [0.05, 0.1) is 28.2 Å². The lowest BCUT2D eigenvalue weighted by molar-refractivity contribution is -0.129. The molecule has 1 saturated heterocycles. The van der Waals surface area contributed by atoms with E-state index < -0.39 is 6.04 Å². The second kappa shape index (κ2) is 7.07. The molecule has 2 aliphatic rings. The summed E-state index contributed by atoms with van der Waals surface area (Å²) in [4.78, 5) is 24.4. The van der Waals surface area contributed by atoms with Gasteiger partial charge in [0.1, 0.15) is 0 Å². The van der Waals surface area contributed by atoms with Crippen LogP contribution in [0, 0.1) is 0 Å². The van der Waals surface area contributed by atoms with Crippen molar-refractivity contribution in [1.82, 2.24) is 10.6 Å². The number of fused-ring (bicyclic) bond motifs is 1. The molecule has 0 bridgehead atoms. The van der Waals surface area contributed by atoms with E-state index in [4.69, 9.17) is 23.2 Å². The van der Waals surface area contributed by atoms with Crippen molar-refractivity contribution >= 4 is 40.7 Å². The fourth-order valence-corrected chi connectivity index (χ4v) is 3.61. The Bertz CT molecular complexity index is 623. The van der Waals surface area contributed by atoms with E-state index in [1.165, 1.54) is 0 Å². The molecule has 0 radical (unpaired) electrons. The Balaban J connectivity index is 1.61. The van der Waals surface area contributed by atoms with E-state index in [1.807, 2.05) is 0 Å². The Labute approximate surface area is 145 Å². The Kier molecular flexibility index (Phi) is 5.09. The maximum Gasteiger partial charge on any atom is 0.237 e. The molecule has 1 aliphatic heterocycles. The number of nitrogens with one attached hydrogen (secondary N) is 3. The summed E-state index contributed by atoms with van der Waals surface area (Å²) in [6, 6.07) is 4.98. The van der Waals surface area contributed by atoms with Crippen LogP contribution in [0.2, 0.25) is 10.0 Å². The molecule has 0 unspecified atom stereocenters. The molecule has 1 saturated carbocycles. The minimum atomic E-state index is -0.507. The first-order valence-corrected chi connectivity index (χ1v) is 8.60. The van der Waals surface area contributed by atoms with Crippen molar-refractivity contribution in [2.45, 2.75) is 50.2 Å². The van der Waals surface area contributed by atoms with Crippen molar-refractivity contribution < 1.29 is 9.59 Å². The number of halogens is 2. The number of hydrogen-bond acceptors (Lipinski definition) is 3. The average molecular weight is 356 g/mol. The molecule has 3 N–H and O–H groups in total. The third-order valence-corrected chi connectivity index (χ3v) is 5.26. The van der Waals surface area contributed by atoms with E-state index in [9.17, 15) is 9.59 Å². The molecule has 3 atom stereocenters. The van der Waals surface area contributed by atoms with Gasteiger partial charge in [-0.25, -0.2) is 0 Å². The van der Waals surface area contributed by atoms with E-state index >= 15 is 0 Å². The van der Waals surface area contributed by atoms with Crippen molar-refractivity contribution in [3.05, 3.63) is 28.2 Å². The summed E-state index contributed by atoms with van der Waals surface area (Å²) in [6.45, 7) is 0. The van der Waals surface area contributed by atoms with Crippen LogP contribution in [0.1, 0.15) is 32.1 Å². The lowest BCUT2D eigenvalue weighted by atomic mass is 9.87. The summed E-state index contributed by atoms with van der Waals surface area (Å²) in [5, 5.41) is 9.74. The highest BCUT2D eigenvalue weighted by atomic mass is 35.5. The summed E-state index contributed by atoms with van der Waals surface area (Å²) in [6.07, 6.45) is 4.39. The SMILES string of the molecule is O=C(C[C@@H]1N[C@H]2CCCC[C@@H]2NC1=O)Nc1cccc(Cl)c1Cl. The smallest absolute Gasteiger partial charge is 0.237 e. The molecular weight excluding hydrogens is 337 g/mol. The minimum absolute atomic E-state index is 0.0674. The molecule has 3 rings (SSSR count). The van der Waals surface area contributed by atoms with Gasteiger partial charge in [-0.05, 0) is 25.0 Å². The van der Waals surface area contributed by atoms with Gasteiger partial charge in [0.25, 0.3) is 0 Å². The van der Waals surface area contributed by atoms with Gasteiger partial charge in [-0.3, -0.25) is 9.59 Å². The quantitative estimate of drug-likeness (QED) is 0.780. The molecule has 1 heterocycles. The molecule has 1 aliphatic carbocycles. The van der Waals surface area contributed by atoms with Crippen LogP contribution in [0.3, 0.4) is 0 Å². The third-order valence-electron chi connectivity index (χ3n) is 4.44. The van der Waals surface area contributed by atoms with Crippen molar-refractivity contribution in [2.75, 3.05) is 5.32 Å². The third kappa shape index (κ3) is 3.79. The fourth-order valence-electron chi connectivity index (χ4n) is 3.26. The summed E-state index contributed by atoms with van der Waals surface area (Å²) < 4.78 is 0. The van der Waals surface area contributed by atoms with Gasteiger partial charge in [-0.15, -0.1) is 0 Å². The molecular formula is C16H19Cl2N3O2. The highest BCUT2D eigenvalue weighted by molar-refractivity contribution is 6.44. The number of carbonyl (C=O) groups is 2. The summed E-state index contributed by atoms with van der Waals surface area (Å²) >= 11 is 12.0. The number of piperazine rings is 1. The van der Waals surface area contributed by atoms with Gasteiger partial charge in [0.15, 0.2) is 0 Å². The number of carbonyl (C=O) groups excluding carboxylic acids is 2. The summed E-state index contributed by atoms with van der Waals surface area (Å²) in [5.41, 5.74) is 0.455. The lowest BCUT2D eigenvalue weighted by Gasteiger charge is -2.40. The predicted molar refractivity (Wildman–Crippen MR) is 90.8 cm³/mol. The molecule has 0 aromatic heterocycles. The number of rotatable bonds is 3. The largest absolute Gasteiger partial charge is 0.350 e. The van der Waals surface area contributed by atoms with Crippen molar-refractivity contribution in [1.29, 1.82) is 0 Å². The van der Waals surface area contributed by atoms with Gasteiger partial charge in [-0.2, -0.15) is 0 Å². The van der Waals surface area contributed by atoms with Crippen molar-refractivity contribution in [3.63, 3.8) is 0 Å². The topological polar surface area (TPSA) is 70.2 Å².